The number of fused-ring (bicyclic) bond motifs is 1. The van der Waals surface area contributed by atoms with E-state index in [2.05, 4.69) is 25.9 Å². The Morgan fingerprint density at radius 3 is 2.50 bits per heavy atom. The van der Waals surface area contributed by atoms with Crippen LogP contribution >= 0.6 is 0 Å². The molecule has 1 aromatic heterocycles. The van der Waals surface area contributed by atoms with E-state index in [1.807, 2.05) is 13.8 Å². The minimum atomic E-state index is -4.52. The van der Waals surface area contributed by atoms with E-state index in [0.717, 1.165) is 18.6 Å². The standard InChI is InChI=1S/C24H34F3N5O3S/c1-14(2)31-18-6-8-20(16(9-18)12-36(34,35)15(3)4)32-22(33)11-28-23-19-10-17(24(25,26)27)5-7-21(19)29-13-30-23/h5,7,10,13-16,18,20,31H,6,8-9,11-12H2,1-4H3,(H,32,33)(H,28,29,30)/t16-,18+,20-/m0/s1. The maximum atomic E-state index is 13.2. The third-order valence-electron chi connectivity index (χ3n) is 6.44. The molecule has 0 bridgehead atoms. The minimum absolute atomic E-state index is 0.0178. The lowest BCUT2D eigenvalue weighted by molar-refractivity contribution is -0.137. The van der Waals surface area contributed by atoms with Gasteiger partial charge in [0.15, 0.2) is 9.84 Å². The molecule has 3 N–H and O–H groups in total. The molecule has 3 atom stereocenters. The van der Waals surface area contributed by atoms with Crippen LogP contribution in [0.1, 0.15) is 52.5 Å². The second kappa shape index (κ2) is 11.3. The molecule has 2 aromatic rings. The first kappa shape index (κ1) is 28.1. The number of carbonyl (C=O) groups excluding carboxylic acids is 1. The van der Waals surface area contributed by atoms with E-state index >= 15 is 0 Å². The number of nitrogens with one attached hydrogen (secondary N) is 3. The summed E-state index contributed by atoms with van der Waals surface area (Å²) in [5.41, 5.74) is -0.519. The predicted octanol–water partition coefficient (Wildman–Crippen LogP) is 3.54. The molecule has 1 aliphatic carbocycles. The van der Waals surface area contributed by atoms with Crippen LogP contribution in [0.2, 0.25) is 0 Å². The van der Waals surface area contributed by atoms with Gasteiger partial charge in [-0.15, -0.1) is 0 Å². The van der Waals surface area contributed by atoms with E-state index in [4.69, 9.17) is 0 Å². The molecule has 3 rings (SSSR count). The van der Waals surface area contributed by atoms with Crippen molar-refractivity contribution >= 4 is 32.5 Å². The summed E-state index contributed by atoms with van der Waals surface area (Å²) in [6, 6.07) is 3.26. The average Bonchev–Trinajstić information content (AvgIpc) is 2.77. The van der Waals surface area contributed by atoms with Gasteiger partial charge in [0, 0.05) is 23.5 Å². The van der Waals surface area contributed by atoms with Crippen molar-refractivity contribution < 1.29 is 26.4 Å². The summed E-state index contributed by atoms with van der Waals surface area (Å²) in [7, 11) is -3.32. The van der Waals surface area contributed by atoms with Gasteiger partial charge in [0.2, 0.25) is 5.91 Å². The van der Waals surface area contributed by atoms with Crippen LogP contribution in [0.25, 0.3) is 10.9 Å². The Morgan fingerprint density at radius 2 is 1.86 bits per heavy atom. The van der Waals surface area contributed by atoms with Gasteiger partial charge in [-0.3, -0.25) is 4.79 Å². The molecule has 0 saturated heterocycles. The number of benzene rings is 1. The highest BCUT2D eigenvalue weighted by Crippen LogP contribution is 2.32. The fraction of sp³-hybridized carbons (Fsp3) is 0.625. The first-order valence-corrected chi connectivity index (χ1v) is 13.8. The summed E-state index contributed by atoms with van der Waals surface area (Å²) in [6.45, 7) is 7.14. The molecule has 1 aliphatic rings. The number of rotatable bonds is 9. The van der Waals surface area contributed by atoms with Gasteiger partial charge in [0.05, 0.1) is 28.6 Å². The maximum absolute atomic E-state index is 13.2. The molecule has 0 radical (unpaired) electrons. The van der Waals surface area contributed by atoms with Crippen molar-refractivity contribution in [2.24, 2.45) is 5.92 Å². The van der Waals surface area contributed by atoms with Gasteiger partial charge in [-0.2, -0.15) is 13.2 Å². The van der Waals surface area contributed by atoms with Crippen LogP contribution in [-0.4, -0.2) is 60.0 Å². The van der Waals surface area contributed by atoms with Crippen LogP contribution in [0.3, 0.4) is 0 Å². The van der Waals surface area contributed by atoms with Crippen molar-refractivity contribution in [2.75, 3.05) is 17.6 Å². The van der Waals surface area contributed by atoms with Crippen molar-refractivity contribution in [3.8, 4) is 0 Å². The second-order valence-corrected chi connectivity index (χ2v) is 12.6. The molecule has 1 saturated carbocycles. The van der Waals surface area contributed by atoms with Crippen LogP contribution in [-0.2, 0) is 20.8 Å². The van der Waals surface area contributed by atoms with E-state index in [-0.39, 0.29) is 53.5 Å². The zero-order valence-electron chi connectivity index (χ0n) is 20.9. The van der Waals surface area contributed by atoms with Gasteiger partial charge in [-0.25, -0.2) is 18.4 Å². The molecule has 12 heteroatoms. The fourth-order valence-electron chi connectivity index (χ4n) is 4.55. The van der Waals surface area contributed by atoms with Gasteiger partial charge in [-0.05, 0) is 57.2 Å². The van der Waals surface area contributed by atoms with Crippen molar-refractivity contribution in [1.29, 1.82) is 0 Å². The highest BCUT2D eigenvalue weighted by molar-refractivity contribution is 7.91. The van der Waals surface area contributed by atoms with Gasteiger partial charge in [-0.1, -0.05) is 13.8 Å². The number of anilines is 1. The van der Waals surface area contributed by atoms with E-state index in [0.29, 0.717) is 18.4 Å². The molecule has 1 aromatic carbocycles. The number of carbonyl (C=O) groups is 1. The van der Waals surface area contributed by atoms with Gasteiger partial charge < -0.3 is 16.0 Å². The highest BCUT2D eigenvalue weighted by Gasteiger charge is 2.35. The third-order valence-corrected chi connectivity index (χ3v) is 8.77. The second-order valence-electron chi connectivity index (χ2n) is 9.95. The SMILES string of the molecule is CC(C)N[C@@H]1CC[C@H](NC(=O)CNc2ncnc3ccc(C(F)(F)F)cc23)[C@H](CS(=O)(=O)C(C)C)C1. The lowest BCUT2D eigenvalue weighted by Gasteiger charge is -2.38. The molecule has 1 fully saturated rings. The molecule has 0 spiro atoms. The number of hydrogen-bond acceptors (Lipinski definition) is 7. The summed E-state index contributed by atoms with van der Waals surface area (Å²) in [4.78, 5) is 20.8. The van der Waals surface area contributed by atoms with E-state index in [1.165, 1.54) is 12.4 Å². The Kier molecular flexibility index (Phi) is 8.81. The average molecular weight is 530 g/mol. The Morgan fingerprint density at radius 1 is 1.14 bits per heavy atom. The van der Waals surface area contributed by atoms with Crippen molar-refractivity contribution in [2.45, 2.75) is 76.5 Å². The summed E-state index contributed by atoms with van der Waals surface area (Å²) in [5.74, 6) is -0.539. The monoisotopic (exact) mass is 529 g/mol. The summed E-state index contributed by atoms with van der Waals surface area (Å²) < 4.78 is 64.8. The molecular formula is C24H34F3N5O3S. The molecule has 0 unspecified atom stereocenters. The van der Waals surface area contributed by atoms with Crippen LogP contribution in [0.4, 0.5) is 19.0 Å². The minimum Gasteiger partial charge on any atom is -0.360 e. The molecule has 1 heterocycles. The fourth-order valence-corrected chi connectivity index (χ4v) is 5.90. The smallest absolute Gasteiger partial charge is 0.360 e. The topological polar surface area (TPSA) is 113 Å². The first-order chi connectivity index (χ1) is 16.8. The van der Waals surface area contributed by atoms with E-state index < -0.39 is 26.8 Å². The Balaban J connectivity index is 1.70. The quantitative estimate of drug-likeness (QED) is 0.455. The van der Waals surface area contributed by atoms with Crippen molar-refractivity contribution in [3.05, 3.63) is 30.1 Å². The first-order valence-electron chi connectivity index (χ1n) is 12.1. The van der Waals surface area contributed by atoms with Crippen LogP contribution in [0.15, 0.2) is 24.5 Å². The van der Waals surface area contributed by atoms with Crippen molar-refractivity contribution in [1.82, 2.24) is 20.6 Å². The van der Waals surface area contributed by atoms with Crippen molar-refractivity contribution in [3.63, 3.8) is 0 Å². The molecule has 200 valence electrons. The number of alkyl halides is 3. The number of aromatic nitrogens is 2. The molecule has 8 nitrogen and oxygen atoms in total. The Hall–Kier alpha value is -2.47. The predicted molar refractivity (Wildman–Crippen MR) is 133 cm³/mol. The lowest BCUT2D eigenvalue weighted by atomic mass is 9.82. The van der Waals surface area contributed by atoms with Crippen LogP contribution in [0, 0.1) is 5.92 Å². The normalized spacial score (nSPS) is 21.2. The number of hydrogen-bond donors (Lipinski definition) is 3. The number of halogens is 3. The zero-order chi connectivity index (χ0) is 26.7. The summed E-state index contributed by atoms with van der Waals surface area (Å²) in [5, 5.41) is 8.86. The number of sulfone groups is 1. The number of nitrogens with zero attached hydrogens (tertiary/aromatic N) is 2. The van der Waals surface area contributed by atoms with Crippen LogP contribution < -0.4 is 16.0 Å². The molecule has 0 aliphatic heterocycles. The zero-order valence-corrected chi connectivity index (χ0v) is 21.7. The highest BCUT2D eigenvalue weighted by atomic mass is 32.2. The summed E-state index contributed by atoms with van der Waals surface area (Å²) in [6.07, 6.45) is -1.26. The van der Waals surface area contributed by atoms with Gasteiger partial charge in [0.1, 0.15) is 12.1 Å². The van der Waals surface area contributed by atoms with E-state index in [9.17, 15) is 26.4 Å². The Bertz CT molecular complexity index is 1170. The van der Waals surface area contributed by atoms with Gasteiger partial charge in [0.25, 0.3) is 0 Å². The van der Waals surface area contributed by atoms with Gasteiger partial charge >= 0.3 is 6.18 Å². The lowest BCUT2D eigenvalue weighted by Crippen LogP contribution is -2.51. The van der Waals surface area contributed by atoms with Crippen LogP contribution in [0.5, 0.6) is 0 Å². The third kappa shape index (κ3) is 7.28. The van der Waals surface area contributed by atoms with E-state index in [1.54, 1.807) is 13.8 Å². The number of amides is 1. The largest absolute Gasteiger partial charge is 0.416 e. The molecular weight excluding hydrogens is 495 g/mol. The maximum Gasteiger partial charge on any atom is 0.416 e. The molecule has 1 amide bonds. The summed E-state index contributed by atoms with van der Waals surface area (Å²) >= 11 is 0. The molecule has 36 heavy (non-hydrogen) atoms. The Labute approximate surface area is 209 Å².